The third kappa shape index (κ3) is 3.08. The Morgan fingerprint density at radius 3 is 2.94 bits per heavy atom. The Hall–Kier alpha value is -0.950. The van der Waals surface area contributed by atoms with Crippen LogP contribution in [0.2, 0.25) is 4.34 Å². The topological polar surface area (TPSA) is 62.2 Å². The molecule has 4 nitrogen and oxygen atoms in total. The second-order valence-electron chi connectivity index (χ2n) is 3.68. The molecule has 2 aromatic heterocycles. The number of aliphatic hydroxyl groups is 1. The fourth-order valence-electron chi connectivity index (χ4n) is 1.40. The molecule has 7 heteroatoms. The van der Waals surface area contributed by atoms with E-state index >= 15 is 0 Å². The molecule has 2 heterocycles. The lowest BCUT2D eigenvalue weighted by molar-refractivity contribution is 0.0917. The van der Waals surface area contributed by atoms with Gasteiger partial charge < -0.3 is 10.4 Å². The van der Waals surface area contributed by atoms with Crippen molar-refractivity contribution < 1.29 is 9.90 Å². The van der Waals surface area contributed by atoms with E-state index in [4.69, 9.17) is 11.6 Å². The molecule has 2 aromatic rings. The van der Waals surface area contributed by atoms with E-state index in [-0.39, 0.29) is 12.5 Å². The van der Waals surface area contributed by atoms with Crippen LogP contribution in [0.5, 0.6) is 0 Å². The van der Waals surface area contributed by atoms with Gasteiger partial charge in [0.1, 0.15) is 6.10 Å². The van der Waals surface area contributed by atoms with E-state index in [1.165, 1.54) is 22.9 Å². The molecule has 0 bridgehead atoms. The summed E-state index contributed by atoms with van der Waals surface area (Å²) in [6.45, 7) is 1.94. The Morgan fingerprint density at radius 2 is 2.39 bits per heavy atom. The van der Waals surface area contributed by atoms with Crippen LogP contribution in [-0.2, 0) is 0 Å². The highest BCUT2D eigenvalue weighted by atomic mass is 35.5. The predicted molar refractivity (Wildman–Crippen MR) is 73.5 cm³/mol. The molecule has 0 fully saturated rings. The Kier molecular flexibility index (Phi) is 4.34. The number of aromatic nitrogens is 1. The van der Waals surface area contributed by atoms with Crippen molar-refractivity contribution in [2.24, 2.45) is 0 Å². The minimum absolute atomic E-state index is 0.158. The molecule has 2 N–H and O–H groups in total. The maximum Gasteiger partial charge on any atom is 0.254 e. The Balaban J connectivity index is 1.92. The molecule has 0 aromatic carbocycles. The molecule has 0 aliphatic heterocycles. The number of aryl methyl sites for hydroxylation is 1. The van der Waals surface area contributed by atoms with Gasteiger partial charge in [-0.2, -0.15) is 4.37 Å². The molecule has 18 heavy (non-hydrogen) atoms. The van der Waals surface area contributed by atoms with Crippen molar-refractivity contribution in [3.63, 3.8) is 0 Å². The molecule has 96 valence electrons. The van der Waals surface area contributed by atoms with E-state index in [2.05, 4.69) is 9.69 Å². The number of nitrogens with one attached hydrogen (secondary N) is 1. The maximum absolute atomic E-state index is 11.8. The largest absolute Gasteiger partial charge is 0.386 e. The molecule has 0 aliphatic carbocycles. The van der Waals surface area contributed by atoms with Crippen LogP contribution in [0.1, 0.15) is 27.0 Å². The van der Waals surface area contributed by atoms with Gasteiger partial charge in [-0.05, 0) is 30.6 Å². The molecular formula is C11H11ClN2O2S2. The lowest BCUT2D eigenvalue weighted by Gasteiger charge is -2.09. The first-order valence-electron chi connectivity index (χ1n) is 5.20. The van der Waals surface area contributed by atoms with Crippen LogP contribution in [0.25, 0.3) is 0 Å². The zero-order chi connectivity index (χ0) is 13.1. The number of aliphatic hydroxyl groups excluding tert-OH is 1. The summed E-state index contributed by atoms with van der Waals surface area (Å²) in [6.07, 6.45) is -0.738. The Labute approximate surface area is 117 Å². The van der Waals surface area contributed by atoms with Gasteiger partial charge in [0, 0.05) is 16.8 Å². The third-order valence-corrected chi connectivity index (χ3v) is 4.43. The monoisotopic (exact) mass is 302 g/mol. The first-order valence-corrected chi connectivity index (χ1v) is 7.23. The summed E-state index contributed by atoms with van der Waals surface area (Å²) in [7, 11) is 0. The average Bonchev–Trinajstić information content (AvgIpc) is 2.94. The number of nitrogens with zero attached hydrogens (tertiary/aromatic N) is 1. The molecule has 0 saturated heterocycles. The van der Waals surface area contributed by atoms with Gasteiger partial charge in [-0.15, -0.1) is 11.3 Å². The molecule has 1 unspecified atom stereocenters. The van der Waals surface area contributed by atoms with Gasteiger partial charge >= 0.3 is 0 Å². The van der Waals surface area contributed by atoms with Crippen LogP contribution >= 0.6 is 34.5 Å². The summed E-state index contributed by atoms with van der Waals surface area (Å²) < 4.78 is 4.65. The number of thiophene rings is 1. The van der Waals surface area contributed by atoms with Gasteiger partial charge in [0.15, 0.2) is 0 Å². The smallest absolute Gasteiger partial charge is 0.254 e. The molecular weight excluding hydrogens is 292 g/mol. The standard InChI is InChI=1S/C11H11ClN2O2S2/c1-6-7(5-17-14-6)11(16)13-4-8(15)9-2-3-10(12)18-9/h2-3,5,8,15H,4H2,1H3,(H,13,16). The molecule has 0 spiro atoms. The highest BCUT2D eigenvalue weighted by Crippen LogP contribution is 2.26. The highest BCUT2D eigenvalue weighted by molar-refractivity contribution is 7.16. The number of amides is 1. The maximum atomic E-state index is 11.8. The molecule has 2 rings (SSSR count). The first kappa shape index (κ1) is 13.5. The van der Waals surface area contributed by atoms with Crippen LogP contribution in [0.15, 0.2) is 17.5 Å². The number of carbonyl (C=O) groups excluding carboxylic acids is 1. The lowest BCUT2D eigenvalue weighted by atomic mass is 10.2. The number of hydrogen-bond acceptors (Lipinski definition) is 5. The van der Waals surface area contributed by atoms with Crippen LogP contribution in [0, 0.1) is 6.92 Å². The summed E-state index contributed by atoms with van der Waals surface area (Å²) in [4.78, 5) is 12.5. The summed E-state index contributed by atoms with van der Waals surface area (Å²) >= 11 is 8.32. The van der Waals surface area contributed by atoms with Gasteiger partial charge in [0.05, 0.1) is 15.6 Å². The summed E-state index contributed by atoms with van der Waals surface area (Å²) in [5, 5.41) is 14.2. The minimum atomic E-state index is -0.738. The normalized spacial score (nSPS) is 12.4. The van der Waals surface area contributed by atoms with Gasteiger partial charge in [-0.3, -0.25) is 4.79 Å². The quantitative estimate of drug-likeness (QED) is 0.912. The summed E-state index contributed by atoms with van der Waals surface area (Å²) in [6, 6.07) is 3.47. The van der Waals surface area contributed by atoms with Crippen molar-refractivity contribution in [3.05, 3.63) is 38.0 Å². The van der Waals surface area contributed by atoms with Crippen LogP contribution in [-0.4, -0.2) is 21.9 Å². The van der Waals surface area contributed by atoms with Crippen molar-refractivity contribution >= 4 is 40.4 Å². The van der Waals surface area contributed by atoms with Crippen molar-refractivity contribution in [1.29, 1.82) is 0 Å². The first-order chi connectivity index (χ1) is 8.58. The van der Waals surface area contributed by atoms with E-state index in [0.717, 1.165) is 4.88 Å². The van der Waals surface area contributed by atoms with E-state index in [0.29, 0.717) is 15.6 Å². The van der Waals surface area contributed by atoms with Crippen molar-refractivity contribution in [2.75, 3.05) is 6.54 Å². The zero-order valence-electron chi connectivity index (χ0n) is 9.51. The molecule has 1 atom stereocenters. The van der Waals surface area contributed by atoms with Crippen molar-refractivity contribution in [2.45, 2.75) is 13.0 Å². The summed E-state index contributed by atoms with van der Waals surface area (Å²) in [5.41, 5.74) is 1.25. The molecule has 1 amide bonds. The van der Waals surface area contributed by atoms with Crippen LogP contribution in [0.3, 0.4) is 0 Å². The van der Waals surface area contributed by atoms with Crippen molar-refractivity contribution in [1.82, 2.24) is 9.69 Å². The lowest BCUT2D eigenvalue weighted by Crippen LogP contribution is -2.28. The number of carbonyl (C=O) groups is 1. The SMILES string of the molecule is Cc1nscc1C(=O)NCC(O)c1ccc(Cl)s1. The number of hydrogen-bond donors (Lipinski definition) is 2. The van der Waals surface area contributed by atoms with E-state index in [9.17, 15) is 9.90 Å². The van der Waals surface area contributed by atoms with E-state index in [1.807, 2.05) is 0 Å². The number of rotatable bonds is 4. The summed E-state index contributed by atoms with van der Waals surface area (Å²) in [5.74, 6) is -0.219. The Bertz CT molecular complexity index is 553. The molecule has 0 radical (unpaired) electrons. The van der Waals surface area contributed by atoms with E-state index < -0.39 is 6.10 Å². The van der Waals surface area contributed by atoms with Crippen LogP contribution < -0.4 is 5.32 Å². The van der Waals surface area contributed by atoms with Gasteiger partial charge in [-0.1, -0.05) is 11.6 Å². The molecule has 0 aliphatic rings. The van der Waals surface area contributed by atoms with Crippen molar-refractivity contribution in [3.8, 4) is 0 Å². The second-order valence-corrected chi connectivity index (χ2v) is 6.06. The fourth-order valence-corrected chi connectivity index (χ4v) is 3.14. The second kappa shape index (κ2) is 5.79. The Morgan fingerprint density at radius 1 is 1.61 bits per heavy atom. The fraction of sp³-hybridized carbons (Fsp3) is 0.273. The number of halogens is 1. The average molecular weight is 303 g/mol. The van der Waals surface area contributed by atoms with E-state index in [1.54, 1.807) is 24.4 Å². The van der Waals surface area contributed by atoms with Gasteiger partial charge in [0.25, 0.3) is 5.91 Å². The third-order valence-electron chi connectivity index (χ3n) is 2.37. The highest BCUT2D eigenvalue weighted by Gasteiger charge is 2.14. The zero-order valence-corrected chi connectivity index (χ0v) is 11.9. The van der Waals surface area contributed by atoms with Gasteiger partial charge in [0.2, 0.25) is 0 Å². The van der Waals surface area contributed by atoms with Gasteiger partial charge in [-0.25, -0.2) is 0 Å². The predicted octanol–water partition coefficient (Wildman–Crippen LogP) is 2.63. The van der Waals surface area contributed by atoms with Crippen LogP contribution in [0.4, 0.5) is 0 Å². The minimum Gasteiger partial charge on any atom is -0.386 e. The molecule has 0 saturated carbocycles.